The Morgan fingerprint density at radius 1 is 1.03 bits per heavy atom. The molecule has 0 radical (unpaired) electrons. The van der Waals surface area contributed by atoms with Crippen LogP contribution in [0.1, 0.15) is 18.9 Å². The van der Waals surface area contributed by atoms with Crippen LogP contribution in [0.15, 0.2) is 51.7 Å². The van der Waals surface area contributed by atoms with Gasteiger partial charge in [-0.1, -0.05) is 13.3 Å². The second-order valence-electron chi connectivity index (χ2n) is 6.40. The minimum Gasteiger partial charge on any atom is -0.497 e. The van der Waals surface area contributed by atoms with Crippen molar-refractivity contribution in [3.63, 3.8) is 0 Å². The van der Waals surface area contributed by atoms with E-state index in [9.17, 15) is 9.59 Å². The number of aryl methyl sites for hydroxylation is 1. The predicted molar refractivity (Wildman–Crippen MR) is 110 cm³/mol. The summed E-state index contributed by atoms with van der Waals surface area (Å²) in [5.41, 5.74) is 1.46. The highest BCUT2D eigenvalue weighted by Crippen LogP contribution is 2.29. The number of anilines is 1. The Kier molecular flexibility index (Phi) is 6.39. The normalized spacial score (nSPS) is 10.6. The van der Waals surface area contributed by atoms with E-state index < -0.39 is 5.63 Å². The maximum atomic E-state index is 12.3. The summed E-state index contributed by atoms with van der Waals surface area (Å²) in [4.78, 5) is 24.1. The third-order valence-corrected chi connectivity index (χ3v) is 4.37. The molecule has 7 heteroatoms. The Morgan fingerprint density at radius 2 is 1.83 bits per heavy atom. The Bertz CT molecular complexity index is 1070. The average molecular weight is 397 g/mol. The van der Waals surface area contributed by atoms with E-state index in [0.717, 1.165) is 23.8 Å². The molecular weight excluding hydrogens is 374 g/mol. The third-order valence-electron chi connectivity index (χ3n) is 4.37. The number of carbonyl (C=O) groups is 1. The van der Waals surface area contributed by atoms with Crippen LogP contribution in [0.4, 0.5) is 5.69 Å². The molecule has 0 bridgehead atoms. The molecule has 1 N–H and O–H groups in total. The fourth-order valence-electron chi connectivity index (χ4n) is 3.02. The van der Waals surface area contributed by atoms with E-state index >= 15 is 0 Å². The Labute approximate surface area is 168 Å². The SMILES string of the molecule is CCCc1cc(=O)oc2cc(OCC(=O)Nc3cc(OC)ccc3OC)ccc12. The number of benzene rings is 2. The summed E-state index contributed by atoms with van der Waals surface area (Å²) in [6.45, 7) is 1.83. The molecule has 3 aromatic rings. The number of amides is 1. The number of nitrogens with one attached hydrogen (secondary N) is 1. The van der Waals surface area contributed by atoms with Gasteiger partial charge in [-0.05, 0) is 36.2 Å². The lowest BCUT2D eigenvalue weighted by molar-refractivity contribution is -0.118. The molecule has 3 rings (SSSR count). The summed E-state index contributed by atoms with van der Waals surface area (Å²) in [5.74, 6) is 1.17. The molecule has 0 unspecified atom stereocenters. The van der Waals surface area contributed by atoms with Crippen LogP contribution in [-0.2, 0) is 11.2 Å². The molecule has 7 nitrogen and oxygen atoms in total. The van der Waals surface area contributed by atoms with Crippen LogP contribution < -0.4 is 25.2 Å². The number of ether oxygens (including phenoxy) is 3. The largest absolute Gasteiger partial charge is 0.497 e. The number of rotatable bonds is 8. The Morgan fingerprint density at radius 3 is 2.55 bits per heavy atom. The molecule has 29 heavy (non-hydrogen) atoms. The van der Waals surface area contributed by atoms with Crippen LogP contribution >= 0.6 is 0 Å². The van der Waals surface area contributed by atoms with E-state index in [2.05, 4.69) is 5.32 Å². The van der Waals surface area contributed by atoms with Crippen LogP contribution in [0.5, 0.6) is 17.2 Å². The van der Waals surface area contributed by atoms with Gasteiger partial charge in [-0.3, -0.25) is 4.79 Å². The maximum absolute atomic E-state index is 12.3. The monoisotopic (exact) mass is 397 g/mol. The van der Waals surface area contributed by atoms with E-state index in [0.29, 0.717) is 28.5 Å². The first-order chi connectivity index (χ1) is 14.0. The second kappa shape index (κ2) is 9.14. The van der Waals surface area contributed by atoms with E-state index in [1.807, 2.05) is 13.0 Å². The summed E-state index contributed by atoms with van der Waals surface area (Å²) in [6, 6.07) is 11.8. The summed E-state index contributed by atoms with van der Waals surface area (Å²) in [6.07, 6.45) is 1.71. The van der Waals surface area contributed by atoms with Crippen molar-refractivity contribution in [2.75, 3.05) is 26.1 Å². The summed E-state index contributed by atoms with van der Waals surface area (Å²) in [5, 5.41) is 3.60. The number of carbonyl (C=O) groups excluding carboxylic acids is 1. The molecule has 0 saturated carbocycles. The van der Waals surface area contributed by atoms with Gasteiger partial charge in [0, 0.05) is 23.6 Å². The molecule has 1 heterocycles. The van der Waals surface area contributed by atoms with Gasteiger partial charge in [-0.2, -0.15) is 0 Å². The van der Waals surface area contributed by atoms with Crippen LogP contribution in [0.2, 0.25) is 0 Å². The van der Waals surface area contributed by atoms with Gasteiger partial charge in [0.25, 0.3) is 5.91 Å². The predicted octanol–water partition coefficient (Wildman–Crippen LogP) is 3.78. The molecule has 0 aliphatic rings. The molecule has 0 saturated heterocycles. The lowest BCUT2D eigenvalue weighted by Crippen LogP contribution is -2.20. The van der Waals surface area contributed by atoms with Gasteiger partial charge in [-0.15, -0.1) is 0 Å². The zero-order chi connectivity index (χ0) is 20.8. The molecule has 1 amide bonds. The highest BCUT2D eigenvalue weighted by Gasteiger charge is 2.11. The molecule has 0 aliphatic heterocycles. The summed E-state index contributed by atoms with van der Waals surface area (Å²) < 4.78 is 21.3. The van der Waals surface area contributed by atoms with Crippen molar-refractivity contribution in [2.45, 2.75) is 19.8 Å². The molecular formula is C22H23NO6. The molecule has 2 aromatic carbocycles. The van der Waals surface area contributed by atoms with E-state index in [-0.39, 0.29) is 12.5 Å². The lowest BCUT2D eigenvalue weighted by atomic mass is 10.1. The summed E-state index contributed by atoms with van der Waals surface area (Å²) in [7, 11) is 3.06. The number of methoxy groups -OCH3 is 2. The van der Waals surface area contributed by atoms with Gasteiger partial charge in [0.1, 0.15) is 22.8 Å². The fourth-order valence-corrected chi connectivity index (χ4v) is 3.02. The van der Waals surface area contributed by atoms with Gasteiger partial charge in [0.05, 0.1) is 19.9 Å². The van der Waals surface area contributed by atoms with Crippen molar-refractivity contribution in [3.8, 4) is 17.2 Å². The van der Waals surface area contributed by atoms with Crippen LogP contribution in [0.25, 0.3) is 11.0 Å². The van der Waals surface area contributed by atoms with Crippen molar-refractivity contribution in [1.82, 2.24) is 0 Å². The molecule has 0 atom stereocenters. The molecule has 1 aromatic heterocycles. The smallest absolute Gasteiger partial charge is 0.336 e. The molecule has 0 spiro atoms. The average Bonchev–Trinajstić information content (AvgIpc) is 2.72. The first-order valence-electron chi connectivity index (χ1n) is 9.25. The topological polar surface area (TPSA) is 87.0 Å². The maximum Gasteiger partial charge on any atom is 0.336 e. The van der Waals surface area contributed by atoms with Gasteiger partial charge in [0.2, 0.25) is 0 Å². The molecule has 0 fully saturated rings. The first-order valence-corrected chi connectivity index (χ1v) is 9.25. The minimum absolute atomic E-state index is 0.218. The fraction of sp³-hybridized carbons (Fsp3) is 0.273. The lowest BCUT2D eigenvalue weighted by Gasteiger charge is -2.12. The number of hydrogen-bond donors (Lipinski definition) is 1. The number of fused-ring (bicyclic) bond motifs is 1. The molecule has 0 aliphatic carbocycles. The van der Waals surface area contributed by atoms with E-state index in [4.69, 9.17) is 18.6 Å². The van der Waals surface area contributed by atoms with Gasteiger partial charge >= 0.3 is 5.63 Å². The zero-order valence-electron chi connectivity index (χ0n) is 16.6. The summed E-state index contributed by atoms with van der Waals surface area (Å²) >= 11 is 0. The highest BCUT2D eigenvalue weighted by atomic mass is 16.5. The van der Waals surface area contributed by atoms with Crippen molar-refractivity contribution in [3.05, 3.63) is 58.4 Å². The van der Waals surface area contributed by atoms with Crippen LogP contribution in [-0.4, -0.2) is 26.7 Å². The second-order valence-corrected chi connectivity index (χ2v) is 6.40. The van der Waals surface area contributed by atoms with E-state index in [1.54, 1.807) is 37.4 Å². The van der Waals surface area contributed by atoms with Crippen LogP contribution in [0, 0.1) is 0 Å². The third kappa shape index (κ3) is 4.87. The van der Waals surface area contributed by atoms with Crippen molar-refractivity contribution in [2.24, 2.45) is 0 Å². The Balaban J connectivity index is 1.72. The molecule has 152 valence electrons. The first kappa shape index (κ1) is 20.3. The van der Waals surface area contributed by atoms with Crippen molar-refractivity contribution >= 4 is 22.6 Å². The highest BCUT2D eigenvalue weighted by molar-refractivity contribution is 5.93. The standard InChI is InChI=1S/C22H23NO6/c1-4-5-14-10-22(25)29-20-12-16(6-8-17(14)20)28-13-21(24)23-18-11-15(26-2)7-9-19(18)27-3/h6-12H,4-5,13H2,1-3H3,(H,23,24). The zero-order valence-corrected chi connectivity index (χ0v) is 16.6. The van der Waals surface area contributed by atoms with Crippen LogP contribution in [0.3, 0.4) is 0 Å². The van der Waals surface area contributed by atoms with Gasteiger partial charge in [-0.25, -0.2) is 4.79 Å². The van der Waals surface area contributed by atoms with Crippen molar-refractivity contribution < 1.29 is 23.4 Å². The quantitative estimate of drug-likeness (QED) is 0.582. The van der Waals surface area contributed by atoms with E-state index in [1.165, 1.54) is 13.2 Å². The number of hydrogen-bond acceptors (Lipinski definition) is 6. The van der Waals surface area contributed by atoms with Crippen molar-refractivity contribution in [1.29, 1.82) is 0 Å². The van der Waals surface area contributed by atoms with Gasteiger partial charge in [0.15, 0.2) is 6.61 Å². The van der Waals surface area contributed by atoms with Gasteiger partial charge < -0.3 is 23.9 Å². The minimum atomic E-state index is -0.402. The Hall–Kier alpha value is -3.48.